The van der Waals surface area contributed by atoms with Gasteiger partial charge >= 0.3 is 577 Å². The molecule has 2 unspecified atom stereocenters. The van der Waals surface area contributed by atoms with E-state index in [9.17, 15) is 9.59 Å². The van der Waals surface area contributed by atoms with Gasteiger partial charge in [-0.15, -0.1) is 0 Å². The Morgan fingerprint density at radius 1 is 0.565 bits per heavy atom. The zero-order valence-electron chi connectivity index (χ0n) is 28.8. The third kappa shape index (κ3) is 85.4. The fraction of sp³-hybridized carbons (Fsp3) is 0.667. The van der Waals surface area contributed by atoms with Gasteiger partial charge in [0.05, 0.1) is 0 Å². The van der Waals surface area contributed by atoms with Crippen molar-refractivity contribution in [2.24, 2.45) is 0 Å². The molecule has 23 heavy (non-hydrogen) atoms. The fourth-order valence-corrected chi connectivity index (χ4v) is 0. The van der Waals surface area contributed by atoms with E-state index in [0.29, 0.717) is 0 Å². The van der Waals surface area contributed by atoms with E-state index >= 15 is 0 Å². The number of aliphatic hydroxyl groups is 2. The van der Waals surface area contributed by atoms with Crippen LogP contribution < -0.4 is 565 Å². The maximum absolute atomic E-state index is 9.45. The molecule has 6 nitrogen and oxygen atoms in total. The molecule has 4 N–H and O–H groups in total. The minimum atomic E-state index is -1.23. The largest absolute Gasteiger partial charge is 1.00 e. The van der Waals surface area contributed by atoms with Gasteiger partial charge in [0.1, 0.15) is 12.2 Å². The molecule has 0 saturated heterocycles. The number of hydrogen-bond donors (Lipinski definition) is 4. The summed E-state index contributed by atoms with van der Waals surface area (Å²) < 4.78 is 0. The topological polar surface area (TPSA) is 115 Å². The number of carboxylic acid groups (broad SMARTS) is 2. The van der Waals surface area contributed by atoms with E-state index in [2.05, 4.69) is 0 Å². The average molecular weight is 621 g/mol. The Kier molecular flexibility index (Phi) is 243. The third-order valence-corrected chi connectivity index (χ3v) is 0.715. The van der Waals surface area contributed by atoms with E-state index in [-0.39, 0.29) is 581 Å². The van der Waals surface area contributed by atoms with Crippen LogP contribution in [0.2, 0.25) is 0 Å². The van der Waals surface area contributed by atoms with Gasteiger partial charge in [0.15, 0.2) is 0 Å². The zero-order chi connectivity index (χ0) is 10.3. The first kappa shape index (κ1) is 83.4. The van der Waals surface area contributed by atoms with E-state index in [0.717, 1.165) is 0 Å². The van der Waals surface area contributed by atoms with Crippen molar-refractivity contribution in [2.45, 2.75) is 26.1 Å². The van der Waals surface area contributed by atoms with Crippen LogP contribution in [0.3, 0.4) is 0 Å². The predicted octanol–water partition coefficient (Wildman–Crippen LogP) is -32.8. The van der Waals surface area contributed by atoms with Crippen LogP contribution >= 0.6 is 0 Å². The van der Waals surface area contributed by atoms with Crippen molar-refractivity contribution in [3.63, 3.8) is 0 Å². The number of carboxylic acids is 2. The number of rotatable bonds is 2. The molecule has 0 aliphatic carbocycles. The van der Waals surface area contributed by atoms with Crippen LogP contribution in [-0.2, 0) is 9.59 Å². The van der Waals surface area contributed by atoms with Crippen molar-refractivity contribution in [2.75, 3.05) is 0 Å². The Morgan fingerprint density at radius 3 is 0.609 bits per heavy atom. The molecule has 0 bridgehead atoms. The summed E-state index contributed by atoms with van der Waals surface area (Å²) in [6, 6.07) is 0. The average Bonchev–Trinajstić information content (AvgIpc) is 1.88. The van der Waals surface area contributed by atoms with Crippen molar-refractivity contribution in [1.29, 1.82) is 0 Å². The molecule has 0 aliphatic heterocycles. The van der Waals surface area contributed by atoms with Crippen molar-refractivity contribution in [3.8, 4) is 0 Å². The summed E-state index contributed by atoms with van der Waals surface area (Å²) in [6.07, 6.45) is -2.46. The molecule has 0 aromatic carbocycles. The first-order valence-corrected chi connectivity index (χ1v) is 3.10. The fourth-order valence-electron chi connectivity index (χ4n) is 0. The van der Waals surface area contributed by atoms with E-state index in [1.165, 1.54) is 13.8 Å². The molecule has 0 aromatic heterocycles. The van der Waals surface area contributed by atoms with Crippen LogP contribution in [0.5, 0.6) is 0 Å². The van der Waals surface area contributed by atoms with Gasteiger partial charge in [-0.2, -0.15) is 0 Å². The van der Waals surface area contributed by atoms with Crippen molar-refractivity contribution >= 4 is 11.9 Å². The first-order valence-electron chi connectivity index (χ1n) is 3.10. The molecule has 0 radical (unpaired) electrons. The van der Waals surface area contributed by atoms with Gasteiger partial charge in [-0.25, -0.2) is 9.59 Å². The standard InChI is InChI=1S/2C3H6O3.11K.11H/c2*1-2(4)3(5)6;;;;;;;;;;;;;;;;;;;;;;/h2*2,4H,1H3,(H,5,6);;;;;;;;;;;;;;;;;;;;;;/q;;11*+1;11*-1. The second-order valence-corrected chi connectivity index (χ2v) is 2.03. The van der Waals surface area contributed by atoms with Gasteiger partial charge in [0.2, 0.25) is 0 Å². The van der Waals surface area contributed by atoms with E-state index in [4.69, 9.17) is 20.4 Å². The predicted molar refractivity (Wildman–Crippen MR) is 50.9 cm³/mol. The summed E-state index contributed by atoms with van der Waals surface area (Å²) in [5, 5.41) is 31.5. The Labute approximate surface area is 624 Å². The minimum absolute atomic E-state index is 0. The Morgan fingerprint density at radius 2 is 0.609 bits per heavy atom. The second kappa shape index (κ2) is 66.9. The molecule has 0 heterocycles. The van der Waals surface area contributed by atoms with Crippen LogP contribution in [-0.4, -0.2) is 44.6 Å². The van der Waals surface area contributed by atoms with Crippen molar-refractivity contribution in [1.82, 2.24) is 0 Å². The van der Waals surface area contributed by atoms with Crippen LogP contribution in [0.1, 0.15) is 29.5 Å². The molecule has 0 aromatic rings. The van der Waals surface area contributed by atoms with Crippen LogP contribution in [0.15, 0.2) is 0 Å². The maximum Gasteiger partial charge on any atom is 1.00 e. The summed E-state index contributed by atoms with van der Waals surface area (Å²) in [5.74, 6) is -2.37. The molecule has 0 aliphatic rings. The smallest absolute Gasteiger partial charge is 1.00 e. The molecule has 0 saturated carbocycles. The molecule has 17 heteroatoms. The summed E-state index contributed by atoms with van der Waals surface area (Å²) in [6.45, 7) is 2.39. The van der Waals surface area contributed by atoms with Crippen molar-refractivity contribution in [3.05, 3.63) is 0 Å². The molecular weight excluding hydrogens is 598 g/mol. The first-order chi connectivity index (χ1) is 5.29. The second-order valence-electron chi connectivity index (χ2n) is 2.03. The van der Waals surface area contributed by atoms with Gasteiger partial charge in [0, 0.05) is 0 Å². The molecule has 0 spiro atoms. The van der Waals surface area contributed by atoms with E-state index in [1.807, 2.05) is 0 Å². The normalized spacial score (nSPS) is 7.13. The minimum Gasteiger partial charge on any atom is -1.00 e. The summed E-state index contributed by atoms with van der Waals surface area (Å²) in [5.41, 5.74) is 0. The molecule has 0 fully saturated rings. The zero-order valence-corrected chi connectivity index (χ0v) is 52.1. The van der Waals surface area contributed by atoms with Gasteiger partial charge in [-0.1, -0.05) is 0 Å². The molecule has 94 valence electrons. The van der Waals surface area contributed by atoms with Gasteiger partial charge < -0.3 is 36.1 Å². The van der Waals surface area contributed by atoms with E-state index < -0.39 is 24.1 Å². The van der Waals surface area contributed by atoms with Crippen LogP contribution in [0, 0.1) is 0 Å². The molecule has 0 amide bonds. The van der Waals surface area contributed by atoms with Crippen LogP contribution in [0.4, 0.5) is 0 Å². The summed E-state index contributed by atoms with van der Waals surface area (Å²) in [4.78, 5) is 18.9. The van der Waals surface area contributed by atoms with Gasteiger partial charge in [0.25, 0.3) is 0 Å². The Hall–Kier alpha value is 16.9. The molecular formula is C6H23K11O6. The van der Waals surface area contributed by atoms with Gasteiger partial charge in [-0.3, -0.25) is 0 Å². The maximum atomic E-state index is 9.45. The Bertz CT molecular complexity index is 186. The Balaban J connectivity index is -0.00000000162. The summed E-state index contributed by atoms with van der Waals surface area (Å²) >= 11 is 0. The molecule has 0 rings (SSSR count). The van der Waals surface area contributed by atoms with Crippen molar-refractivity contribution < 1.29 is 611 Å². The summed E-state index contributed by atoms with van der Waals surface area (Å²) in [7, 11) is 0. The number of aliphatic hydroxyl groups excluding tert-OH is 2. The number of carbonyl (C=O) groups is 2. The van der Waals surface area contributed by atoms with Gasteiger partial charge in [-0.05, 0) is 13.8 Å². The van der Waals surface area contributed by atoms with E-state index in [1.54, 1.807) is 0 Å². The molecule has 2 atom stereocenters. The van der Waals surface area contributed by atoms with Crippen LogP contribution in [0.25, 0.3) is 0 Å². The monoisotopic (exact) mass is 620 g/mol. The quantitative estimate of drug-likeness (QED) is 0.228. The SMILES string of the molecule is CC(O)C(=O)O.CC(O)C(=O)O.[H-].[H-].[H-].[H-].[H-].[H-].[H-].[H-].[H-].[H-].[H-].[K+].[K+].[K+].[K+].[K+].[K+].[K+].[K+].[K+].[K+].[K+]. The third-order valence-electron chi connectivity index (χ3n) is 0.715. The number of hydrogen-bond acceptors (Lipinski definition) is 4. The number of aliphatic carboxylic acids is 2.